The van der Waals surface area contributed by atoms with Crippen LogP contribution in [-0.2, 0) is 0 Å². The molecule has 0 aromatic heterocycles. The molecule has 2 aromatic rings. The highest BCUT2D eigenvalue weighted by atomic mass is 32.2. The smallest absolute Gasteiger partial charge is 0.0998 e. The SMILES string of the molecule is CN1CCN([C@@H]2c3ccccc3Sc3ccccc3[C@@H]2O)CC1. The molecule has 4 rings (SSSR count). The molecule has 1 saturated heterocycles. The zero-order chi connectivity index (χ0) is 15.8. The lowest BCUT2D eigenvalue weighted by molar-refractivity contribution is 0.0195. The first-order chi connectivity index (χ1) is 11.2. The topological polar surface area (TPSA) is 26.7 Å². The Bertz CT molecular complexity index is 697. The van der Waals surface area contributed by atoms with Crippen molar-refractivity contribution in [1.82, 2.24) is 9.80 Å². The van der Waals surface area contributed by atoms with Gasteiger partial charge < -0.3 is 10.0 Å². The fourth-order valence-corrected chi connectivity index (χ4v) is 4.73. The van der Waals surface area contributed by atoms with Crippen molar-refractivity contribution in [3.63, 3.8) is 0 Å². The molecule has 0 amide bonds. The predicted molar refractivity (Wildman–Crippen MR) is 93.8 cm³/mol. The van der Waals surface area contributed by atoms with E-state index in [0.717, 1.165) is 31.7 Å². The van der Waals surface area contributed by atoms with Crippen molar-refractivity contribution in [2.24, 2.45) is 0 Å². The third-order valence-electron chi connectivity index (χ3n) is 4.93. The second-order valence-electron chi connectivity index (χ2n) is 6.41. The highest BCUT2D eigenvalue weighted by molar-refractivity contribution is 7.99. The lowest BCUT2D eigenvalue weighted by Crippen LogP contribution is -2.47. The summed E-state index contributed by atoms with van der Waals surface area (Å²) >= 11 is 1.78. The summed E-state index contributed by atoms with van der Waals surface area (Å²) in [7, 11) is 2.17. The number of nitrogens with zero attached hydrogens (tertiary/aromatic N) is 2. The monoisotopic (exact) mass is 326 g/mol. The number of hydrogen-bond donors (Lipinski definition) is 1. The summed E-state index contributed by atoms with van der Waals surface area (Å²) < 4.78 is 0. The molecule has 0 aliphatic carbocycles. The van der Waals surface area contributed by atoms with E-state index in [1.807, 2.05) is 6.07 Å². The highest BCUT2D eigenvalue weighted by Gasteiger charge is 2.35. The van der Waals surface area contributed by atoms with Gasteiger partial charge in [-0.25, -0.2) is 0 Å². The van der Waals surface area contributed by atoms with E-state index in [9.17, 15) is 5.11 Å². The van der Waals surface area contributed by atoms with Gasteiger partial charge in [-0.3, -0.25) is 4.90 Å². The van der Waals surface area contributed by atoms with Crippen LogP contribution in [0.5, 0.6) is 0 Å². The fraction of sp³-hybridized carbons (Fsp3) is 0.368. The quantitative estimate of drug-likeness (QED) is 0.871. The van der Waals surface area contributed by atoms with Crippen molar-refractivity contribution in [1.29, 1.82) is 0 Å². The van der Waals surface area contributed by atoms with Crippen LogP contribution in [0, 0.1) is 0 Å². The number of aliphatic hydroxyl groups excluding tert-OH is 1. The number of hydrogen-bond acceptors (Lipinski definition) is 4. The zero-order valence-corrected chi connectivity index (χ0v) is 14.2. The van der Waals surface area contributed by atoms with Gasteiger partial charge in [0.15, 0.2) is 0 Å². The second-order valence-corrected chi connectivity index (χ2v) is 7.49. The van der Waals surface area contributed by atoms with Gasteiger partial charge in [-0.15, -0.1) is 0 Å². The standard InChI is InChI=1S/C19H22N2OS/c1-20-10-12-21(13-11-20)18-14-6-2-4-8-16(14)23-17-9-5-3-7-15(17)19(18)22/h2-9,18-19,22H,10-13H2,1H3/t18-,19+/m1/s1. The summed E-state index contributed by atoms with van der Waals surface area (Å²) in [6.45, 7) is 4.11. The largest absolute Gasteiger partial charge is 0.386 e. The van der Waals surface area contributed by atoms with Gasteiger partial charge in [0.2, 0.25) is 0 Å². The van der Waals surface area contributed by atoms with Crippen LogP contribution in [0.25, 0.3) is 0 Å². The van der Waals surface area contributed by atoms with E-state index in [1.54, 1.807) is 11.8 Å². The number of fused-ring (bicyclic) bond motifs is 2. The molecule has 2 heterocycles. The summed E-state index contributed by atoms with van der Waals surface area (Å²) in [5.74, 6) is 0. The third kappa shape index (κ3) is 2.81. The van der Waals surface area contributed by atoms with E-state index < -0.39 is 6.10 Å². The molecule has 23 heavy (non-hydrogen) atoms. The lowest BCUT2D eigenvalue weighted by atomic mass is 9.94. The summed E-state index contributed by atoms with van der Waals surface area (Å²) in [6.07, 6.45) is -0.481. The molecule has 0 radical (unpaired) electrons. The first-order valence-corrected chi connectivity index (χ1v) is 9.02. The Kier molecular flexibility index (Phi) is 4.16. The van der Waals surface area contributed by atoms with Gasteiger partial charge in [-0.2, -0.15) is 0 Å². The maximum absolute atomic E-state index is 11.2. The first-order valence-electron chi connectivity index (χ1n) is 8.20. The molecule has 3 nitrogen and oxygen atoms in total. The van der Waals surface area contributed by atoms with Crippen LogP contribution in [0.2, 0.25) is 0 Å². The molecule has 1 fully saturated rings. The van der Waals surface area contributed by atoms with E-state index in [1.165, 1.54) is 15.4 Å². The molecule has 2 aromatic carbocycles. The van der Waals surface area contributed by atoms with Crippen molar-refractivity contribution >= 4 is 11.8 Å². The Morgan fingerprint density at radius 2 is 1.43 bits per heavy atom. The molecule has 0 bridgehead atoms. The zero-order valence-electron chi connectivity index (χ0n) is 13.4. The molecule has 2 aliphatic heterocycles. The van der Waals surface area contributed by atoms with E-state index >= 15 is 0 Å². The Balaban J connectivity index is 1.79. The van der Waals surface area contributed by atoms with Crippen LogP contribution in [0.4, 0.5) is 0 Å². The van der Waals surface area contributed by atoms with Gasteiger partial charge in [-0.1, -0.05) is 48.2 Å². The number of piperazine rings is 1. The van der Waals surface area contributed by atoms with Crippen molar-refractivity contribution in [2.45, 2.75) is 21.9 Å². The van der Waals surface area contributed by atoms with E-state index in [0.29, 0.717) is 0 Å². The molecular weight excluding hydrogens is 304 g/mol. The average Bonchev–Trinajstić information content (AvgIpc) is 2.70. The first kappa shape index (κ1) is 15.2. The molecule has 0 unspecified atom stereocenters. The van der Waals surface area contributed by atoms with Gasteiger partial charge in [-0.05, 0) is 30.3 Å². The van der Waals surface area contributed by atoms with Crippen molar-refractivity contribution in [3.05, 3.63) is 59.7 Å². The molecule has 0 spiro atoms. The number of benzene rings is 2. The van der Waals surface area contributed by atoms with Crippen LogP contribution >= 0.6 is 11.8 Å². The van der Waals surface area contributed by atoms with Crippen molar-refractivity contribution in [3.8, 4) is 0 Å². The van der Waals surface area contributed by atoms with Gasteiger partial charge in [0.25, 0.3) is 0 Å². The van der Waals surface area contributed by atoms with Crippen molar-refractivity contribution in [2.75, 3.05) is 33.2 Å². The predicted octanol–water partition coefficient (Wildman–Crippen LogP) is 3.17. The Morgan fingerprint density at radius 3 is 2.13 bits per heavy atom. The summed E-state index contributed by atoms with van der Waals surface area (Å²) in [5.41, 5.74) is 2.31. The molecule has 4 heteroatoms. The lowest BCUT2D eigenvalue weighted by Gasteiger charge is -2.40. The van der Waals surface area contributed by atoms with Crippen LogP contribution < -0.4 is 0 Å². The van der Waals surface area contributed by atoms with Crippen LogP contribution in [0.15, 0.2) is 58.3 Å². The van der Waals surface area contributed by atoms with E-state index in [4.69, 9.17) is 0 Å². The summed E-state index contributed by atoms with van der Waals surface area (Å²) in [4.78, 5) is 7.24. The summed E-state index contributed by atoms with van der Waals surface area (Å²) in [6, 6.07) is 16.8. The Morgan fingerprint density at radius 1 is 0.870 bits per heavy atom. The molecule has 2 atom stereocenters. The minimum Gasteiger partial charge on any atom is -0.386 e. The third-order valence-corrected chi connectivity index (χ3v) is 6.11. The van der Waals surface area contributed by atoms with Gasteiger partial charge in [0.1, 0.15) is 0 Å². The van der Waals surface area contributed by atoms with E-state index in [-0.39, 0.29) is 6.04 Å². The normalized spacial score (nSPS) is 25.5. The van der Waals surface area contributed by atoms with Crippen LogP contribution in [0.3, 0.4) is 0 Å². The number of aliphatic hydroxyl groups is 1. The second kappa shape index (κ2) is 6.29. The minimum atomic E-state index is -0.481. The van der Waals surface area contributed by atoms with Crippen LogP contribution in [-0.4, -0.2) is 48.1 Å². The summed E-state index contributed by atoms with van der Waals surface area (Å²) in [5, 5.41) is 11.2. The fourth-order valence-electron chi connectivity index (χ4n) is 3.59. The molecule has 120 valence electrons. The Labute approximate surface area is 141 Å². The molecule has 2 aliphatic rings. The maximum Gasteiger partial charge on any atom is 0.0998 e. The van der Waals surface area contributed by atoms with Gasteiger partial charge >= 0.3 is 0 Å². The Hall–Kier alpha value is -1.33. The molecule has 1 N–H and O–H groups in total. The number of likely N-dealkylation sites (N-methyl/N-ethyl adjacent to an activating group) is 1. The van der Waals surface area contributed by atoms with Gasteiger partial charge in [0, 0.05) is 36.0 Å². The highest BCUT2D eigenvalue weighted by Crippen LogP contribution is 2.47. The maximum atomic E-state index is 11.2. The van der Waals surface area contributed by atoms with Crippen molar-refractivity contribution < 1.29 is 5.11 Å². The van der Waals surface area contributed by atoms with Crippen LogP contribution in [0.1, 0.15) is 23.3 Å². The minimum absolute atomic E-state index is 0.0380. The molecule has 0 saturated carbocycles. The number of rotatable bonds is 1. The molecular formula is C19H22N2OS. The van der Waals surface area contributed by atoms with E-state index in [2.05, 4.69) is 59.3 Å². The average molecular weight is 326 g/mol. The van der Waals surface area contributed by atoms with Gasteiger partial charge in [0.05, 0.1) is 12.1 Å².